The molecule has 0 aliphatic heterocycles. The maximum Gasteiger partial charge on any atom is 0.119 e. The Morgan fingerprint density at radius 1 is 0.889 bits per heavy atom. The molecule has 0 aliphatic carbocycles. The van der Waals surface area contributed by atoms with Crippen LogP contribution in [0.15, 0.2) is 54.6 Å². The van der Waals surface area contributed by atoms with Crippen LogP contribution in [-0.2, 0) is 13.2 Å². The lowest BCUT2D eigenvalue weighted by Crippen LogP contribution is -2.20. The molecule has 2 aromatic rings. The van der Waals surface area contributed by atoms with Crippen LogP contribution in [0.4, 0.5) is 0 Å². The average molecular weight is 265 g/mol. The van der Waals surface area contributed by atoms with Gasteiger partial charge in [-0.25, -0.2) is 0 Å². The molecule has 0 bridgehead atoms. The van der Waals surface area contributed by atoms with E-state index in [1.165, 1.54) is 5.56 Å². The molecule has 18 heavy (non-hydrogen) atoms. The van der Waals surface area contributed by atoms with Crippen molar-refractivity contribution in [2.45, 2.75) is 13.2 Å². The zero-order chi connectivity index (χ0) is 11.9. The van der Waals surface area contributed by atoms with Crippen LogP contribution in [0.5, 0.6) is 5.75 Å². The lowest BCUT2D eigenvalue weighted by Gasteiger charge is -2.07. The number of nitrogens with two attached hydrogens (primary N) is 1. The molecule has 2 rings (SSSR count). The Morgan fingerprint density at radius 3 is 2.17 bits per heavy atom. The topological polar surface area (TPSA) is 47.3 Å². The minimum absolute atomic E-state index is 0. The molecule has 0 radical (unpaired) electrons. The fourth-order valence-corrected chi connectivity index (χ4v) is 1.56. The van der Waals surface area contributed by atoms with Crippen LogP contribution in [0.2, 0.25) is 0 Å². The summed E-state index contributed by atoms with van der Waals surface area (Å²) in [7, 11) is 0. The van der Waals surface area contributed by atoms with Crippen LogP contribution >= 0.6 is 12.4 Å². The zero-order valence-corrected chi connectivity index (χ0v) is 10.8. The van der Waals surface area contributed by atoms with Crippen molar-refractivity contribution >= 4 is 12.4 Å². The van der Waals surface area contributed by atoms with Gasteiger partial charge in [-0.05, 0) is 23.3 Å². The molecule has 0 amide bonds. The van der Waals surface area contributed by atoms with Gasteiger partial charge in [0.25, 0.3) is 0 Å². The Kier molecular flexibility index (Phi) is 6.22. The summed E-state index contributed by atoms with van der Waals surface area (Å²) in [4.78, 5) is 0. The monoisotopic (exact) mass is 264 g/mol. The predicted molar refractivity (Wildman–Crippen MR) is 75.5 cm³/mol. The normalized spacial score (nSPS) is 9.61. The number of rotatable bonds is 5. The van der Waals surface area contributed by atoms with Gasteiger partial charge in [-0.1, -0.05) is 42.5 Å². The van der Waals surface area contributed by atoms with Crippen LogP contribution < -0.4 is 16.0 Å². The predicted octanol–water partition coefficient (Wildman–Crippen LogP) is 2.65. The van der Waals surface area contributed by atoms with E-state index >= 15 is 0 Å². The fraction of sp³-hybridized carbons (Fsp3) is 0.143. The minimum Gasteiger partial charge on any atom is -0.489 e. The molecule has 0 aromatic heterocycles. The summed E-state index contributed by atoms with van der Waals surface area (Å²) in [5.74, 6) is 6.12. The summed E-state index contributed by atoms with van der Waals surface area (Å²) in [6, 6.07) is 18.0. The smallest absolute Gasteiger partial charge is 0.119 e. The molecule has 0 atom stereocenters. The molecule has 0 unspecified atom stereocenters. The second-order valence-corrected chi connectivity index (χ2v) is 3.80. The van der Waals surface area contributed by atoms with E-state index in [4.69, 9.17) is 10.6 Å². The van der Waals surface area contributed by atoms with Crippen molar-refractivity contribution in [3.8, 4) is 5.75 Å². The Labute approximate surface area is 113 Å². The van der Waals surface area contributed by atoms with Gasteiger partial charge in [0.2, 0.25) is 0 Å². The first-order chi connectivity index (χ1) is 8.38. The first-order valence-corrected chi connectivity index (χ1v) is 5.57. The molecule has 4 heteroatoms. The van der Waals surface area contributed by atoms with E-state index < -0.39 is 0 Å². The quantitative estimate of drug-likeness (QED) is 0.645. The van der Waals surface area contributed by atoms with Crippen molar-refractivity contribution in [1.29, 1.82) is 0 Å². The number of halogens is 1. The summed E-state index contributed by atoms with van der Waals surface area (Å²) in [6.07, 6.45) is 0. The summed E-state index contributed by atoms with van der Waals surface area (Å²) in [5.41, 5.74) is 4.93. The van der Waals surface area contributed by atoms with Crippen molar-refractivity contribution in [2.24, 2.45) is 5.84 Å². The molecule has 0 aliphatic rings. The van der Waals surface area contributed by atoms with E-state index in [-0.39, 0.29) is 12.4 Å². The highest BCUT2D eigenvalue weighted by atomic mass is 35.5. The molecule has 2 aromatic carbocycles. The first kappa shape index (κ1) is 14.5. The van der Waals surface area contributed by atoms with E-state index in [1.54, 1.807) is 0 Å². The Morgan fingerprint density at radius 2 is 1.56 bits per heavy atom. The van der Waals surface area contributed by atoms with Gasteiger partial charge >= 0.3 is 0 Å². The molecule has 3 N–H and O–H groups in total. The van der Waals surface area contributed by atoms with E-state index in [9.17, 15) is 0 Å². The van der Waals surface area contributed by atoms with Gasteiger partial charge in [-0.2, -0.15) is 0 Å². The van der Waals surface area contributed by atoms with Crippen molar-refractivity contribution in [2.75, 3.05) is 0 Å². The van der Waals surface area contributed by atoms with Gasteiger partial charge in [-0.15, -0.1) is 12.4 Å². The third kappa shape index (κ3) is 4.37. The average Bonchev–Trinajstić information content (AvgIpc) is 2.40. The van der Waals surface area contributed by atoms with Gasteiger partial charge in [0.15, 0.2) is 0 Å². The Bertz CT molecular complexity index is 445. The molecule has 0 heterocycles. The molecular formula is C14H17ClN2O. The largest absolute Gasteiger partial charge is 0.489 e. The summed E-state index contributed by atoms with van der Waals surface area (Å²) >= 11 is 0. The van der Waals surface area contributed by atoms with E-state index in [2.05, 4.69) is 5.43 Å². The molecule has 3 nitrogen and oxygen atoms in total. The molecule has 0 spiro atoms. The fourth-order valence-electron chi connectivity index (χ4n) is 1.56. The van der Waals surface area contributed by atoms with Crippen LogP contribution in [0.1, 0.15) is 11.1 Å². The minimum atomic E-state index is 0. The molecule has 0 saturated carbocycles. The lowest BCUT2D eigenvalue weighted by molar-refractivity contribution is 0.306. The zero-order valence-electron chi connectivity index (χ0n) is 10.0. The van der Waals surface area contributed by atoms with Crippen LogP contribution in [0, 0.1) is 0 Å². The van der Waals surface area contributed by atoms with Gasteiger partial charge in [0.05, 0.1) is 0 Å². The van der Waals surface area contributed by atoms with Crippen molar-refractivity contribution in [1.82, 2.24) is 5.43 Å². The van der Waals surface area contributed by atoms with Crippen molar-refractivity contribution < 1.29 is 4.74 Å². The van der Waals surface area contributed by atoms with E-state index in [1.807, 2.05) is 54.6 Å². The number of ether oxygens (including phenoxy) is 1. The maximum absolute atomic E-state index is 5.67. The summed E-state index contributed by atoms with van der Waals surface area (Å²) in [6.45, 7) is 1.26. The Balaban J connectivity index is 0.00000162. The van der Waals surface area contributed by atoms with E-state index in [0.717, 1.165) is 11.3 Å². The summed E-state index contributed by atoms with van der Waals surface area (Å²) in [5, 5.41) is 0. The molecule has 0 fully saturated rings. The van der Waals surface area contributed by atoms with E-state index in [0.29, 0.717) is 13.2 Å². The van der Waals surface area contributed by atoms with Crippen LogP contribution in [0.25, 0.3) is 0 Å². The third-order valence-electron chi connectivity index (χ3n) is 2.48. The van der Waals surface area contributed by atoms with Gasteiger partial charge < -0.3 is 4.74 Å². The van der Waals surface area contributed by atoms with Gasteiger partial charge in [-0.3, -0.25) is 11.3 Å². The highest BCUT2D eigenvalue weighted by Crippen LogP contribution is 2.14. The van der Waals surface area contributed by atoms with Gasteiger partial charge in [0.1, 0.15) is 12.4 Å². The van der Waals surface area contributed by atoms with Crippen LogP contribution in [-0.4, -0.2) is 0 Å². The second-order valence-electron chi connectivity index (χ2n) is 3.80. The number of hydrogen-bond donors (Lipinski definition) is 2. The number of nitrogens with one attached hydrogen (secondary N) is 1. The number of hydrazine groups is 1. The second kappa shape index (κ2) is 7.71. The number of benzene rings is 2. The molecular weight excluding hydrogens is 248 g/mol. The maximum atomic E-state index is 5.67. The molecule has 0 saturated heterocycles. The lowest BCUT2D eigenvalue weighted by atomic mass is 10.2. The third-order valence-corrected chi connectivity index (χ3v) is 2.48. The van der Waals surface area contributed by atoms with Crippen molar-refractivity contribution in [3.05, 3.63) is 65.7 Å². The SMILES string of the molecule is Cl.NNCc1ccc(OCc2ccccc2)cc1. The number of hydrogen-bond acceptors (Lipinski definition) is 3. The first-order valence-electron chi connectivity index (χ1n) is 5.57. The van der Waals surface area contributed by atoms with Crippen LogP contribution in [0.3, 0.4) is 0 Å². The standard InChI is InChI=1S/C14H16N2O.ClH/c15-16-10-12-6-8-14(9-7-12)17-11-13-4-2-1-3-5-13;/h1-9,16H,10-11,15H2;1H. The van der Waals surface area contributed by atoms with Gasteiger partial charge in [0, 0.05) is 6.54 Å². The highest BCUT2D eigenvalue weighted by molar-refractivity contribution is 5.85. The van der Waals surface area contributed by atoms with Crippen molar-refractivity contribution in [3.63, 3.8) is 0 Å². The Hall–Kier alpha value is -1.55. The summed E-state index contributed by atoms with van der Waals surface area (Å²) < 4.78 is 5.67. The highest BCUT2D eigenvalue weighted by Gasteiger charge is 1.96. The molecule has 96 valence electrons.